The predicted molar refractivity (Wildman–Crippen MR) is 124 cm³/mol. The van der Waals surface area contributed by atoms with Crippen LogP contribution in [0.2, 0.25) is 0 Å². The van der Waals surface area contributed by atoms with Gasteiger partial charge in [-0.05, 0) is 31.5 Å². The lowest BCUT2D eigenvalue weighted by Crippen LogP contribution is -2.42. The van der Waals surface area contributed by atoms with E-state index in [0.29, 0.717) is 31.1 Å². The van der Waals surface area contributed by atoms with Crippen LogP contribution in [-0.4, -0.2) is 68.2 Å². The minimum absolute atomic E-state index is 0.0554. The summed E-state index contributed by atoms with van der Waals surface area (Å²) in [5.41, 5.74) is 5.74. The van der Waals surface area contributed by atoms with Crippen LogP contribution in [0.4, 0.5) is 0 Å². The molecule has 3 heterocycles. The van der Waals surface area contributed by atoms with Gasteiger partial charge in [0.25, 0.3) is 0 Å². The minimum Gasteiger partial charge on any atom is -0.492 e. The molecule has 1 aliphatic rings. The highest BCUT2D eigenvalue weighted by Crippen LogP contribution is 2.39. The summed E-state index contributed by atoms with van der Waals surface area (Å²) in [5.74, 6) is 0.985. The fourth-order valence-corrected chi connectivity index (χ4v) is 4.66. The molecule has 1 aromatic carbocycles. The largest absolute Gasteiger partial charge is 0.492 e. The number of thiazole rings is 1. The predicted octanol–water partition coefficient (Wildman–Crippen LogP) is 2.13. The molecular formula is C22H28N6O3S. The van der Waals surface area contributed by atoms with Gasteiger partial charge in [0.05, 0.1) is 43.8 Å². The molecular weight excluding hydrogens is 428 g/mol. The van der Waals surface area contributed by atoms with E-state index >= 15 is 0 Å². The standard InChI is InChI=1S/C22H28N6O3S/c1-22(2,30)13-27-12-15(11-25-27)14-4-5-16-17(10-14)31-9-6-18-19(16)26-21(32-18)20(23)28(24-3)7-8-29/h4-5,10-12,23-24,29-30H,6-9,13H2,1-3H3. The van der Waals surface area contributed by atoms with Crippen LogP contribution in [0.5, 0.6) is 5.75 Å². The van der Waals surface area contributed by atoms with Crippen molar-refractivity contribution in [3.63, 3.8) is 0 Å². The van der Waals surface area contributed by atoms with Gasteiger partial charge in [-0.1, -0.05) is 6.07 Å². The summed E-state index contributed by atoms with van der Waals surface area (Å²) in [7, 11) is 1.72. The molecule has 170 valence electrons. The Morgan fingerprint density at radius 1 is 1.38 bits per heavy atom. The number of aliphatic hydroxyl groups is 2. The van der Waals surface area contributed by atoms with Gasteiger partial charge >= 0.3 is 0 Å². The molecule has 0 atom stereocenters. The number of fused-ring (bicyclic) bond motifs is 3. The van der Waals surface area contributed by atoms with Crippen molar-refractivity contribution in [1.82, 2.24) is 25.2 Å². The number of nitrogens with one attached hydrogen (secondary N) is 2. The molecule has 32 heavy (non-hydrogen) atoms. The third-order valence-electron chi connectivity index (χ3n) is 5.10. The zero-order valence-corrected chi connectivity index (χ0v) is 19.2. The molecule has 9 nitrogen and oxygen atoms in total. The summed E-state index contributed by atoms with van der Waals surface area (Å²) in [6.07, 6.45) is 4.41. The number of hydrogen-bond acceptors (Lipinski definition) is 8. The van der Waals surface area contributed by atoms with Crippen molar-refractivity contribution in [2.24, 2.45) is 0 Å². The zero-order valence-electron chi connectivity index (χ0n) is 18.4. The molecule has 0 saturated carbocycles. The second-order valence-electron chi connectivity index (χ2n) is 8.29. The van der Waals surface area contributed by atoms with Crippen LogP contribution in [0, 0.1) is 5.41 Å². The van der Waals surface area contributed by atoms with E-state index in [-0.39, 0.29) is 12.4 Å². The molecule has 0 amide bonds. The monoisotopic (exact) mass is 456 g/mol. The Bertz CT molecular complexity index is 1120. The molecule has 0 aliphatic carbocycles. The fraction of sp³-hybridized carbons (Fsp3) is 0.409. The molecule has 4 rings (SSSR count). The Kier molecular flexibility index (Phi) is 6.29. The smallest absolute Gasteiger partial charge is 0.172 e. The number of amidine groups is 1. The van der Waals surface area contributed by atoms with Gasteiger partial charge in [0, 0.05) is 35.7 Å². The van der Waals surface area contributed by atoms with Gasteiger partial charge in [-0.15, -0.1) is 11.3 Å². The quantitative estimate of drug-likeness (QED) is 0.244. The van der Waals surface area contributed by atoms with Crippen molar-refractivity contribution in [3.8, 4) is 28.1 Å². The van der Waals surface area contributed by atoms with E-state index in [2.05, 4.69) is 10.5 Å². The van der Waals surface area contributed by atoms with Crippen LogP contribution in [0.15, 0.2) is 30.6 Å². The second-order valence-corrected chi connectivity index (χ2v) is 9.37. The lowest BCUT2D eigenvalue weighted by atomic mass is 10.0. The minimum atomic E-state index is -0.841. The van der Waals surface area contributed by atoms with E-state index in [1.54, 1.807) is 36.8 Å². The highest BCUT2D eigenvalue weighted by Gasteiger charge is 2.24. The van der Waals surface area contributed by atoms with Crippen LogP contribution in [0.3, 0.4) is 0 Å². The van der Waals surface area contributed by atoms with Gasteiger partial charge in [-0.25, -0.2) is 10.4 Å². The van der Waals surface area contributed by atoms with E-state index in [9.17, 15) is 10.2 Å². The normalized spacial score (nSPS) is 13.2. The van der Waals surface area contributed by atoms with E-state index in [1.165, 1.54) is 11.3 Å². The SMILES string of the molecule is CNN(CCO)C(=N)c1nc2c(s1)CCOc1cc(-c3cnn(CC(C)(C)O)c3)ccc1-2. The van der Waals surface area contributed by atoms with Gasteiger partial charge in [-0.3, -0.25) is 15.1 Å². The lowest BCUT2D eigenvalue weighted by molar-refractivity contribution is 0.0577. The molecule has 0 unspecified atom stereocenters. The Morgan fingerprint density at radius 3 is 2.91 bits per heavy atom. The zero-order chi connectivity index (χ0) is 22.9. The first kappa shape index (κ1) is 22.4. The second kappa shape index (κ2) is 8.99. The molecule has 0 fully saturated rings. The fourth-order valence-electron chi connectivity index (χ4n) is 3.65. The summed E-state index contributed by atoms with van der Waals surface area (Å²) in [6.45, 7) is 4.70. The van der Waals surface area contributed by atoms with E-state index < -0.39 is 5.60 Å². The van der Waals surface area contributed by atoms with Gasteiger partial charge < -0.3 is 14.9 Å². The Hall–Kier alpha value is -2.79. The maximum Gasteiger partial charge on any atom is 0.172 e. The molecule has 0 bridgehead atoms. The van der Waals surface area contributed by atoms with Crippen molar-refractivity contribution < 1.29 is 14.9 Å². The van der Waals surface area contributed by atoms with Crippen molar-refractivity contribution in [1.29, 1.82) is 5.41 Å². The molecule has 10 heteroatoms. The number of rotatable bonds is 7. The lowest BCUT2D eigenvalue weighted by Gasteiger charge is -2.21. The van der Waals surface area contributed by atoms with Crippen LogP contribution < -0.4 is 10.2 Å². The third-order valence-corrected chi connectivity index (χ3v) is 6.22. The highest BCUT2D eigenvalue weighted by atomic mass is 32.1. The van der Waals surface area contributed by atoms with E-state index in [4.69, 9.17) is 15.1 Å². The van der Waals surface area contributed by atoms with Crippen molar-refractivity contribution in [2.45, 2.75) is 32.4 Å². The maximum absolute atomic E-state index is 10.0. The Morgan fingerprint density at radius 2 is 2.19 bits per heavy atom. The average molecular weight is 457 g/mol. The molecule has 0 radical (unpaired) electrons. The summed E-state index contributed by atoms with van der Waals surface area (Å²) < 4.78 is 7.77. The maximum atomic E-state index is 10.0. The van der Waals surface area contributed by atoms with Crippen molar-refractivity contribution >= 4 is 17.2 Å². The summed E-state index contributed by atoms with van der Waals surface area (Å²) in [4.78, 5) is 5.83. The number of ether oxygens (including phenoxy) is 1. The first-order chi connectivity index (χ1) is 15.3. The molecule has 1 aliphatic heterocycles. The first-order valence-corrected chi connectivity index (χ1v) is 11.3. The highest BCUT2D eigenvalue weighted by molar-refractivity contribution is 7.14. The van der Waals surface area contributed by atoms with Gasteiger partial charge in [0.15, 0.2) is 10.8 Å². The topological polar surface area (TPSA) is 120 Å². The molecule has 3 aromatic rings. The van der Waals surface area contributed by atoms with Crippen molar-refractivity contribution in [3.05, 3.63) is 40.5 Å². The number of nitrogens with zero attached hydrogens (tertiary/aromatic N) is 4. The van der Waals surface area contributed by atoms with E-state index in [1.807, 2.05) is 24.4 Å². The van der Waals surface area contributed by atoms with Gasteiger partial charge in [0.2, 0.25) is 0 Å². The summed E-state index contributed by atoms with van der Waals surface area (Å²) >= 11 is 1.48. The third kappa shape index (κ3) is 4.68. The molecule has 2 aromatic heterocycles. The van der Waals surface area contributed by atoms with Crippen LogP contribution in [0.1, 0.15) is 23.7 Å². The van der Waals surface area contributed by atoms with E-state index in [0.717, 1.165) is 33.0 Å². The Balaban J connectivity index is 1.64. The Labute approximate surface area is 190 Å². The summed E-state index contributed by atoms with van der Waals surface area (Å²) in [5, 5.41) is 34.3. The van der Waals surface area contributed by atoms with Crippen molar-refractivity contribution in [2.75, 3.05) is 26.8 Å². The van der Waals surface area contributed by atoms with Crippen LogP contribution >= 0.6 is 11.3 Å². The first-order valence-electron chi connectivity index (χ1n) is 10.5. The van der Waals surface area contributed by atoms with Gasteiger partial charge in [-0.2, -0.15) is 5.10 Å². The van der Waals surface area contributed by atoms with Crippen LogP contribution in [-0.2, 0) is 13.0 Å². The van der Waals surface area contributed by atoms with Gasteiger partial charge in [0.1, 0.15) is 5.75 Å². The molecule has 0 saturated heterocycles. The van der Waals surface area contributed by atoms with Crippen LogP contribution in [0.25, 0.3) is 22.4 Å². The number of hydrazine groups is 1. The molecule has 0 spiro atoms. The number of hydrogen-bond donors (Lipinski definition) is 4. The average Bonchev–Trinajstić information content (AvgIpc) is 3.34. The summed E-state index contributed by atoms with van der Waals surface area (Å²) in [6, 6.07) is 6.00. The number of aromatic nitrogens is 3. The number of benzene rings is 1. The number of aliphatic hydroxyl groups excluding tert-OH is 1. The molecule has 4 N–H and O–H groups in total.